The Morgan fingerprint density at radius 3 is 2.53 bits per heavy atom. The SMILES string of the molecule is NC(=O)COc1ccc(/C=C2\SC(=O)N(Cc3ccc([N+](=O)[O-])cc3)C2=O)cc1Br. The molecule has 1 saturated heterocycles. The second-order valence-electron chi connectivity index (χ2n) is 6.14. The number of nitrogens with two attached hydrogens (primary N) is 1. The lowest BCUT2D eigenvalue weighted by Crippen LogP contribution is -2.27. The van der Waals surface area contributed by atoms with E-state index in [-0.39, 0.29) is 23.7 Å². The molecular weight excluding hydrogens is 478 g/mol. The zero-order chi connectivity index (χ0) is 21.8. The molecule has 0 radical (unpaired) electrons. The summed E-state index contributed by atoms with van der Waals surface area (Å²) < 4.78 is 5.81. The van der Waals surface area contributed by atoms with E-state index in [1.165, 1.54) is 24.3 Å². The number of amides is 3. The number of rotatable bonds is 7. The Hall–Kier alpha value is -3.18. The predicted octanol–water partition coefficient (Wildman–Crippen LogP) is 3.46. The molecule has 1 aliphatic heterocycles. The van der Waals surface area contributed by atoms with E-state index in [0.29, 0.717) is 21.3 Å². The van der Waals surface area contributed by atoms with Crippen LogP contribution in [0.5, 0.6) is 5.75 Å². The number of non-ortho nitro benzene ring substituents is 1. The van der Waals surface area contributed by atoms with Gasteiger partial charge in [-0.05, 0) is 57.0 Å². The predicted molar refractivity (Wildman–Crippen MR) is 113 cm³/mol. The molecule has 0 saturated carbocycles. The molecule has 30 heavy (non-hydrogen) atoms. The van der Waals surface area contributed by atoms with Crippen molar-refractivity contribution >= 4 is 56.5 Å². The number of halogens is 1. The quantitative estimate of drug-likeness (QED) is 0.356. The van der Waals surface area contributed by atoms with Crippen LogP contribution >= 0.6 is 27.7 Å². The number of hydrogen-bond donors (Lipinski definition) is 1. The van der Waals surface area contributed by atoms with E-state index in [4.69, 9.17) is 10.5 Å². The topological polar surface area (TPSA) is 133 Å². The summed E-state index contributed by atoms with van der Waals surface area (Å²) in [4.78, 5) is 47.3. The molecule has 1 aliphatic rings. The fraction of sp³-hybridized carbons (Fsp3) is 0.105. The van der Waals surface area contributed by atoms with Gasteiger partial charge in [-0.25, -0.2) is 0 Å². The van der Waals surface area contributed by atoms with Crippen molar-refractivity contribution in [1.29, 1.82) is 0 Å². The number of ether oxygens (including phenoxy) is 1. The molecule has 11 heteroatoms. The average Bonchev–Trinajstić information content (AvgIpc) is 2.95. The Balaban J connectivity index is 1.73. The Morgan fingerprint density at radius 2 is 1.93 bits per heavy atom. The van der Waals surface area contributed by atoms with Crippen LogP contribution in [0.15, 0.2) is 51.8 Å². The first-order valence-corrected chi connectivity index (χ1v) is 10.0. The molecule has 154 valence electrons. The van der Waals surface area contributed by atoms with Crippen LogP contribution in [0, 0.1) is 10.1 Å². The molecule has 0 spiro atoms. The third-order valence-corrected chi connectivity index (χ3v) is 5.51. The summed E-state index contributed by atoms with van der Waals surface area (Å²) in [6, 6.07) is 10.6. The van der Waals surface area contributed by atoms with Crippen LogP contribution in [0.4, 0.5) is 10.5 Å². The lowest BCUT2D eigenvalue weighted by atomic mass is 10.2. The molecule has 1 fully saturated rings. The Labute approximate surface area is 183 Å². The third-order valence-electron chi connectivity index (χ3n) is 3.99. The van der Waals surface area contributed by atoms with Crippen molar-refractivity contribution in [2.45, 2.75) is 6.54 Å². The summed E-state index contributed by atoms with van der Waals surface area (Å²) in [5.74, 6) is -0.640. The molecule has 1 heterocycles. The van der Waals surface area contributed by atoms with Crippen LogP contribution in [-0.4, -0.2) is 33.5 Å². The summed E-state index contributed by atoms with van der Waals surface area (Å²) in [7, 11) is 0. The highest BCUT2D eigenvalue weighted by atomic mass is 79.9. The number of benzene rings is 2. The number of carbonyl (C=O) groups is 3. The molecule has 9 nitrogen and oxygen atoms in total. The van der Waals surface area contributed by atoms with E-state index in [2.05, 4.69) is 15.9 Å². The Morgan fingerprint density at radius 1 is 1.23 bits per heavy atom. The van der Waals surface area contributed by atoms with E-state index in [1.807, 2.05) is 0 Å². The van der Waals surface area contributed by atoms with Crippen LogP contribution in [0.3, 0.4) is 0 Å². The normalized spacial score (nSPS) is 15.0. The molecule has 2 aromatic rings. The summed E-state index contributed by atoms with van der Waals surface area (Å²) >= 11 is 4.13. The summed E-state index contributed by atoms with van der Waals surface area (Å²) in [6.45, 7) is -0.247. The van der Waals surface area contributed by atoms with Crippen molar-refractivity contribution in [3.05, 3.63) is 73.1 Å². The fourth-order valence-corrected chi connectivity index (χ4v) is 3.92. The van der Waals surface area contributed by atoms with Gasteiger partial charge in [-0.2, -0.15) is 0 Å². The molecule has 0 aromatic heterocycles. The molecule has 0 bridgehead atoms. The van der Waals surface area contributed by atoms with Crippen molar-refractivity contribution in [2.24, 2.45) is 5.73 Å². The highest BCUT2D eigenvalue weighted by Crippen LogP contribution is 2.34. The van der Waals surface area contributed by atoms with Gasteiger partial charge >= 0.3 is 0 Å². The van der Waals surface area contributed by atoms with Crippen molar-refractivity contribution in [3.63, 3.8) is 0 Å². The van der Waals surface area contributed by atoms with Gasteiger partial charge in [0.1, 0.15) is 5.75 Å². The van der Waals surface area contributed by atoms with Gasteiger partial charge < -0.3 is 10.5 Å². The first kappa shape index (κ1) is 21.5. The average molecular weight is 492 g/mol. The van der Waals surface area contributed by atoms with Gasteiger partial charge in [-0.3, -0.25) is 29.4 Å². The molecule has 0 aliphatic carbocycles. The second-order valence-corrected chi connectivity index (χ2v) is 7.98. The lowest BCUT2D eigenvalue weighted by Gasteiger charge is -2.12. The number of primary amides is 1. The number of thioether (sulfide) groups is 1. The molecule has 2 aromatic carbocycles. The van der Waals surface area contributed by atoms with Crippen LogP contribution in [0.25, 0.3) is 6.08 Å². The van der Waals surface area contributed by atoms with Gasteiger partial charge in [-0.15, -0.1) is 0 Å². The molecule has 3 amide bonds. The maximum absolute atomic E-state index is 12.6. The van der Waals surface area contributed by atoms with E-state index in [1.54, 1.807) is 24.3 Å². The van der Waals surface area contributed by atoms with E-state index in [0.717, 1.165) is 16.7 Å². The number of imide groups is 1. The third kappa shape index (κ3) is 5.05. The van der Waals surface area contributed by atoms with E-state index < -0.39 is 22.0 Å². The number of hydrogen-bond acceptors (Lipinski definition) is 7. The van der Waals surface area contributed by atoms with Crippen LogP contribution < -0.4 is 10.5 Å². The second kappa shape index (κ2) is 9.09. The Bertz CT molecular complexity index is 1070. The van der Waals surface area contributed by atoms with Crippen molar-refractivity contribution in [1.82, 2.24) is 4.90 Å². The number of nitrogens with zero attached hydrogens (tertiary/aromatic N) is 2. The van der Waals surface area contributed by atoms with Gasteiger partial charge in [-0.1, -0.05) is 18.2 Å². The molecular formula is C19H14BrN3O6S. The highest BCUT2D eigenvalue weighted by Gasteiger charge is 2.35. The standard InChI is InChI=1S/C19H14BrN3O6S/c20-14-7-12(3-6-15(14)29-10-17(21)24)8-16-18(25)22(19(26)30-16)9-11-1-4-13(5-2-11)23(27)28/h1-8H,9-10H2,(H2,21,24)/b16-8-. The van der Waals surface area contributed by atoms with E-state index >= 15 is 0 Å². The van der Waals surface area contributed by atoms with Crippen LogP contribution in [0.1, 0.15) is 11.1 Å². The van der Waals surface area contributed by atoms with Gasteiger partial charge in [0, 0.05) is 12.1 Å². The van der Waals surface area contributed by atoms with Gasteiger partial charge in [0.25, 0.3) is 22.7 Å². The van der Waals surface area contributed by atoms with Gasteiger partial charge in [0.15, 0.2) is 6.61 Å². The first-order chi connectivity index (χ1) is 14.2. The van der Waals surface area contributed by atoms with Crippen molar-refractivity contribution in [2.75, 3.05) is 6.61 Å². The smallest absolute Gasteiger partial charge is 0.293 e. The first-order valence-electron chi connectivity index (χ1n) is 8.44. The van der Waals surface area contributed by atoms with Crippen LogP contribution in [0.2, 0.25) is 0 Å². The Kier molecular flexibility index (Phi) is 6.53. The van der Waals surface area contributed by atoms with E-state index in [9.17, 15) is 24.5 Å². The summed E-state index contributed by atoms with van der Waals surface area (Å²) in [5.41, 5.74) is 6.23. The fourth-order valence-electron chi connectivity index (χ4n) is 2.57. The monoisotopic (exact) mass is 491 g/mol. The van der Waals surface area contributed by atoms with Gasteiger partial charge in [0.2, 0.25) is 0 Å². The summed E-state index contributed by atoms with van der Waals surface area (Å²) in [5, 5.41) is 10.3. The molecule has 3 rings (SSSR count). The maximum Gasteiger partial charge on any atom is 0.293 e. The minimum absolute atomic E-state index is 0.0175. The highest BCUT2D eigenvalue weighted by molar-refractivity contribution is 9.10. The van der Waals surface area contributed by atoms with Crippen molar-refractivity contribution < 1.29 is 24.0 Å². The zero-order valence-electron chi connectivity index (χ0n) is 15.2. The number of carbonyl (C=O) groups excluding carboxylic acids is 3. The molecule has 2 N–H and O–H groups in total. The van der Waals surface area contributed by atoms with Gasteiger partial charge in [0.05, 0.1) is 20.8 Å². The molecule has 0 unspecified atom stereocenters. The lowest BCUT2D eigenvalue weighted by molar-refractivity contribution is -0.384. The minimum atomic E-state index is -0.604. The number of nitro groups is 1. The van der Waals surface area contributed by atoms with Crippen LogP contribution in [-0.2, 0) is 16.1 Å². The zero-order valence-corrected chi connectivity index (χ0v) is 17.6. The minimum Gasteiger partial charge on any atom is -0.483 e. The maximum atomic E-state index is 12.6. The largest absolute Gasteiger partial charge is 0.483 e. The van der Waals surface area contributed by atoms with Crippen molar-refractivity contribution in [3.8, 4) is 5.75 Å². The summed E-state index contributed by atoms with van der Waals surface area (Å²) in [6.07, 6.45) is 1.57. The molecule has 0 atom stereocenters. The number of nitro benzene ring substituents is 1.